The fourth-order valence-corrected chi connectivity index (χ4v) is 5.99. The van der Waals surface area contributed by atoms with Gasteiger partial charge in [-0.05, 0) is 76.8 Å². The lowest BCUT2D eigenvalue weighted by atomic mass is 9.59. The lowest BCUT2D eigenvalue weighted by Gasteiger charge is -2.55. The summed E-state index contributed by atoms with van der Waals surface area (Å²) in [6.45, 7) is 10.7. The molecule has 1 saturated heterocycles. The highest BCUT2D eigenvalue weighted by atomic mass is 35.5. The molecule has 1 saturated carbocycles. The van der Waals surface area contributed by atoms with Crippen LogP contribution in [-0.4, -0.2) is 54.6 Å². The Kier molecular flexibility index (Phi) is 8.47. The van der Waals surface area contributed by atoms with Crippen LogP contribution in [-0.2, 0) is 15.1 Å². The van der Waals surface area contributed by atoms with Crippen molar-refractivity contribution in [1.29, 1.82) is 0 Å². The summed E-state index contributed by atoms with van der Waals surface area (Å²) in [6.07, 6.45) is 2.74. The molecule has 3 rings (SSSR count). The number of aliphatic hydroxyl groups is 1. The second kappa shape index (κ2) is 10.5. The number of halogens is 2. The van der Waals surface area contributed by atoms with Gasteiger partial charge in [-0.2, -0.15) is 0 Å². The number of carbonyl (C=O) groups is 1. The summed E-state index contributed by atoms with van der Waals surface area (Å²) >= 11 is 6.22. The normalized spacial score (nSPS) is 27.3. The zero-order chi connectivity index (χ0) is 26.1. The van der Waals surface area contributed by atoms with Gasteiger partial charge in [0.05, 0.1) is 23.7 Å². The third-order valence-electron chi connectivity index (χ3n) is 8.17. The van der Waals surface area contributed by atoms with Crippen molar-refractivity contribution in [2.75, 3.05) is 25.6 Å². The quantitative estimate of drug-likeness (QED) is 0.398. The molecular weight excluding hydrogens is 469 g/mol. The Morgan fingerprint density at radius 1 is 1.17 bits per heavy atom. The van der Waals surface area contributed by atoms with Crippen molar-refractivity contribution in [1.82, 2.24) is 10.6 Å². The van der Waals surface area contributed by atoms with Gasteiger partial charge in [0.1, 0.15) is 11.8 Å². The highest BCUT2D eigenvalue weighted by molar-refractivity contribution is 6.30. The van der Waals surface area contributed by atoms with Crippen LogP contribution in [0.2, 0.25) is 5.02 Å². The molecule has 8 heteroatoms. The number of rotatable bonds is 8. The number of carbonyl (C=O) groups excluding carboxylic acids is 1. The van der Waals surface area contributed by atoms with E-state index >= 15 is 4.39 Å². The number of benzene rings is 1. The van der Waals surface area contributed by atoms with E-state index in [-0.39, 0.29) is 11.3 Å². The molecule has 2 unspecified atom stereocenters. The summed E-state index contributed by atoms with van der Waals surface area (Å²) in [5.41, 5.74) is -2.32. The Morgan fingerprint density at radius 2 is 1.83 bits per heavy atom. The van der Waals surface area contributed by atoms with Gasteiger partial charge < -0.3 is 20.5 Å². The van der Waals surface area contributed by atoms with Gasteiger partial charge in [-0.3, -0.25) is 10.1 Å². The molecule has 1 aliphatic carbocycles. The molecule has 198 valence electrons. The van der Waals surface area contributed by atoms with Crippen LogP contribution in [0, 0.1) is 5.41 Å². The van der Waals surface area contributed by atoms with Crippen LogP contribution < -0.4 is 16.0 Å². The molecule has 0 radical (unpaired) electrons. The SMILES string of the molecule is CNc1cc(Cl)ccc1[C@@](O)(C(C)F)C1(N[C@H](C)C(=O)NC2(C)CCCOC2)CCC(C)(C)CC1. The van der Waals surface area contributed by atoms with Crippen LogP contribution in [0.3, 0.4) is 0 Å². The first-order chi connectivity index (χ1) is 16.3. The van der Waals surface area contributed by atoms with Crippen molar-refractivity contribution < 1.29 is 19.0 Å². The highest BCUT2D eigenvalue weighted by Gasteiger charge is 2.58. The fourth-order valence-electron chi connectivity index (χ4n) is 5.82. The molecule has 6 nitrogen and oxygen atoms in total. The summed E-state index contributed by atoms with van der Waals surface area (Å²) in [6, 6.07) is 4.42. The van der Waals surface area contributed by atoms with Crippen molar-refractivity contribution in [2.45, 2.75) is 102 Å². The minimum atomic E-state index is -1.89. The Labute approximate surface area is 214 Å². The predicted octanol–water partition coefficient (Wildman–Crippen LogP) is 4.93. The molecule has 1 amide bonds. The first-order valence-corrected chi connectivity index (χ1v) is 13.2. The molecule has 2 fully saturated rings. The standard InChI is InChI=1S/C27H43ClFN3O3/c1-18(23(33)32-25(5)10-7-15-35-17-25)31-26(13-11-24(3,4)12-14-26)27(34,19(2)29)21-9-8-20(28)16-22(21)30-6/h8-9,16,18-19,30-31,34H,7,10-15,17H2,1-6H3,(H,32,33)/t18-,19?,25?,27+/m1/s1. The average Bonchev–Trinajstić information content (AvgIpc) is 2.79. The molecule has 1 aliphatic heterocycles. The molecule has 1 aromatic carbocycles. The van der Waals surface area contributed by atoms with Crippen LogP contribution >= 0.6 is 11.6 Å². The molecule has 1 heterocycles. The third-order valence-corrected chi connectivity index (χ3v) is 8.41. The maximum Gasteiger partial charge on any atom is 0.237 e. The number of ether oxygens (including phenoxy) is 1. The first-order valence-electron chi connectivity index (χ1n) is 12.8. The number of amides is 1. The number of nitrogens with one attached hydrogen (secondary N) is 3. The van der Waals surface area contributed by atoms with Crippen molar-refractivity contribution in [3.8, 4) is 0 Å². The maximum atomic E-state index is 15.7. The Balaban J connectivity index is 2.00. The molecule has 35 heavy (non-hydrogen) atoms. The van der Waals surface area contributed by atoms with Crippen LogP contribution in [0.15, 0.2) is 18.2 Å². The molecular formula is C27H43ClFN3O3. The largest absolute Gasteiger partial charge is 0.388 e. The van der Waals surface area contributed by atoms with Gasteiger partial charge >= 0.3 is 0 Å². The lowest BCUT2D eigenvalue weighted by molar-refractivity contribution is -0.142. The van der Waals surface area contributed by atoms with Crippen molar-refractivity contribution >= 4 is 23.2 Å². The Morgan fingerprint density at radius 3 is 2.37 bits per heavy atom. The Hall–Kier alpha value is -1.41. The molecule has 2 aliphatic rings. The molecule has 4 N–H and O–H groups in total. The van der Waals surface area contributed by atoms with E-state index in [1.807, 2.05) is 6.92 Å². The van der Waals surface area contributed by atoms with Gasteiger partial charge in [-0.1, -0.05) is 31.5 Å². The van der Waals surface area contributed by atoms with E-state index < -0.39 is 28.9 Å². The van der Waals surface area contributed by atoms with Crippen molar-refractivity contribution in [3.05, 3.63) is 28.8 Å². The van der Waals surface area contributed by atoms with E-state index in [1.165, 1.54) is 6.92 Å². The zero-order valence-electron chi connectivity index (χ0n) is 22.1. The van der Waals surface area contributed by atoms with Gasteiger partial charge in [0.15, 0.2) is 0 Å². The van der Waals surface area contributed by atoms with Crippen LogP contribution in [0.1, 0.15) is 78.7 Å². The zero-order valence-corrected chi connectivity index (χ0v) is 22.8. The fraction of sp³-hybridized carbons (Fsp3) is 0.741. The third kappa shape index (κ3) is 5.79. The average molecular weight is 512 g/mol. The van der Waals surface area contributed by atoms with E-state index in [0.717, 1.165) is 25.7 Å². The van der Waals surface area contributed by atoms with Crippen LogP contribution in [0.25, 0.3) is 0 Å². The van der Waals surface area contributed by atoms with Gasteiger partial charge in [0, 0.05) is 29.9 Å². The summed E-state index contributed by atoms with van der Waals surface area (Å²) in [5.74, 6) is -0.180. The molecule has 4 atom stereocenters. The number of anilines is 1. The molecule has 0 aromatic heterocycles. The molecule has 0 bridgehead atoms. The summed E-state index contributed by atoms with van der Waals surface area (Å²) in [7, 11) is 1.73. The van der Waals surface area contributed by atoms with Gasteiger partial charge in [0.25, 0.3) is 0 Å². The smallest absolute Gasteiger partial charge is 0.237 e. The summed E-state index contributed by atoms with van der Waals surface area (Å²) in [5, 5.41) is 22.5. The second-order valence-corrected chi connectivity index (χ2v) is 12.1. The second-order valence-electron chi connectivity index (χ2n) is 11.6. The Bertz CT molecular complexity index is 894. The van der Waals surface area contributed by atoms with E-state index in [2.05, 4.69) is 29.8 Å². The summed E-state index contributed by atoms with van der Waals surface area (Å²) in [4.78, 5) is 13.3. The molecule has 1 aromatic rings. The lowest BCUT2D eigenvalue weighted by Crippen LogP contribution is -2.70. The van der Waals surface area contributed by atoms with Gasteiger partial charge in [-0.15, -0.1) is 0 Å². The van der Waals surface area contributed by atoms with E-state index in [4.69, 9.17) is 16.3 Å². The highest BCUT2D eigenvalue weighted by Crippen LogP contribution is 2.52. The maximum absolute atomic E-state index is 15.7. The van der Waals surface area contributed by atoms with Gasteiger partial charge in [-0.25, -0.2) is 4.39 Å². The minimum absolute atomic E-state index is 0.0654. The topological polar surface area (TPSA) is 82.6 Å². The van der Waals surface area contributed by atoms with Gasteiger partial charge in [0.2, 0.25) is 5.91 Å². The van der Waals surface area contributed by atoms with E-state index in [1.54, 1.807) is 32.2 Å². The number of hydrogen-bond donors (Lipinski definition) is 4. The molecule has 0 spiro atoms. The summed E-state index contributed by atoms with van der Waals surface area (Å²) < 4.78 is 21.3. The van der Waals surface area contributed by atoms with Crippen molar-refractivity contribution in [3.63, 3.8) is 0 Å². The number of hydrogen-bond acceptors (Lipinski definition) is 5. The minimum Gasteiger partial charge on any atom is -0.388 e. The monoisotopic (exact) mass is 511 g/mol. The van der Waals surface area contributed by atoms with Crippen LogP contribution in [0.5, 0.6) is 0 Å². The predicted molar refractivity (Wildman–Crippen MR) is 140 cm³/mol. The first kappa shape index (κ1) is 28.2. The van der Waals surface area contributed by atoms with E-state index in [9.17, 15) is 9.90 Å². The van der Waals surface area contributed by atoms with Crippen LogP contribution in [0.4, 0.5) is 10.1 Å². The number of alkyl halides is 1. The van der Waals surface area contributed by atoms with Crippen molar-refractivity contribution in [2.24, 2.45) is 5.41 Å². The van der Waals surface area contributed by atoms with E-state index in [0.29, 0.717) is 42.3 Å².